The molecule has 2 fully saturated rings. The number of carbonyl (C=O) groups is 1. The summed E-state index contributed by atoms with van der Waals surface area (Å²) in [5, 5.41) is 3.19. The van der Waals surface area contributed by atoms with Crippen molar-refractivity contribution in [1.82, 2.24) is 10.2 Å². The number of rotatable bonds is 3. The molecule has 2 saturated heterocycles. The normalized spacial score (nSPS) is 27.1. The summed E-state index contributed by atoms with van der Waals surface area (Å²) in [5.41, 5.74) is 0. The molecule has 0 radical (unpaired) electrons. The summed E-state index contributed by atoms with van der Waals surface area (Å²) >= 11 is 0. The van der Waals surface area contributed by atoms with E-state index < -0.39 is 0 Å². The summed E-state index contributed by atoms with van der Waals surface area (Å²) in [4.78, 5) is 14.0. The Bertz CT molecular complexity index is 246. The SMILES string of the molecule is CCOC1CCN(C(=O)C2CNCCO2)CC1. The number of nitrogens with one attached hydrogen (secondary N) is 1. The van der Waals surface area contributed by atoms with Crippen LogP contribution in [0.15, 0.2) is 0 Å². The summed E-state index contributed by atoms with van der Waals surface area (Å²) in [6.07, 6.45) is 1.93. The molecule has 2 rings (SSSR count). The van der Waals surface area contributed by atoms with Crippen LogP contribution in [-0.4, -0.2) is 62.4 Å². The highest BCUT2D eigenvalue weighted by Gasteiger charge is 2.29. The number of piperidine rings is 1. The van der Waals surface area contributed by atoms with Crippen LogP contribution >= 0.6 is 0 Å². The number of hydrogen-bond acceptors (Lipinski definition) is 4. The van der Waals surface area contributed by atoms with E-state index in [0.29, 0.717) is 19.3 Å². The van der Waals surface area contributed by atoms with Gasteiger partial charge in [0.15, 0.2) is 0 Å². The van der Waals surface area contributed by atoms with E-state index >= 15 is 0 Å². The Morgan fingerprint density at radius 1 is 1.47 bits per heavy atom. The van der Waals surface area contributed by atoms with Gasteiger partial charge in [-0.15, -0.1) is 0 Å². The van der Waals surface area contributed by atoms with E-state index in [9.17, 15) is 4.79 Å². The molecule has 0 aromatic carbocycles. The summed E-state index contributed by atoms with van der Waals surface area (Å²) in [5.74, 6) is 0.132. The van der Waals surface area contributed by atoms with Crippen LogP contribution in [-0.2, 0) is 14.3 Å². The zero-order valence-electron chi connectivity index (χ0n) is 10.5. The van der Waals surface area contributed by atoms with Crippen LogP contribution in [0.4, 0.5) is 0 Å². The molecule has 1 amide bonds. The van der Waals surface area contributed by atoms with E-state index in [4.69, 9.17) is 9.47 Å². The second-order valence-corrected chi connectivity index (χ2v) is 4.54. The fourth-order valence-corrected chi connectivity index (χ4v) is 2.41. The summed E-state index contributed by atoms with van der Waals surface area (Å²) in [7, 11) is 0. The first kappa shape index (κ1) is 12.8. The largest absolute Gasteiger partial charge is 0.378 e. The quantitative estimate of drug-likeness (QED) is 0.757. The number of nitrogens with zero attached hydrogens (tertiary/aromatic N) is 1. The Labute approximate surface area is 102 Å². The van der Waals surface area contributed by atoms with Gasteiger partial charge < -0.3 is 19.7 Å². The van der Waals surface area contributed by atoms with Crippen molar-refractivity contribution in [3.05, 3.63) is 0 Å². The molecule has 1 unspecified atom stereocenters. The molecule has 1 atom stereocenters. The van der Waals surface area contributed by atoms with Crippen molar-refractivity contribution in [2.75, 3.05) is 39.4 Å². The van der Waals surface area contributed by atoms with Crippen molar-refractivity contribution in [3.63, 3.8) is 0 Å². The topological polar surface area (TPSA) is 50.8 Å². The Morgan fingerprint density at radius 2 is 2.24 bits per heavy atom. The molecule has 17 heavy (non-hydrogen) atoms. The van der Waals surface area contributed by atoms with Crippen LogP contribution < -0.4 is 5.32 Å². The van der Waals surface area contributed by atoms with Crippen molar-refractivity contribution >= 4 is 5.91 Å². The zero-order valence-corrected chi connectivity index (χ0v) is 10.5. The maximum atomic E-state index is 12.1. The number of amides is 1. The van der Waals surface area contributed by atoms with E-state index in [1.165, 1.54) is 0 Å². The van der Waals surface area contributed by atoms with Crippen LogP contribution in [0.3, 0.4) is 0 Å². The number of carbonyl (C=O) groups excluding carboxylic acids is 1. The van der Waals surface area contributed by atoms with Crippen LogP contribution in [0.25, 0.3) is 0 Å². The maximum Gasteiger partial charge on any atom is 0.253 e. The van der Waals surface area contributed by atoms with E-state index in [-0.39, 0.29) is 12.0 Å². The number of hydrogen-bond donors (Lipinski definition) is 1. The molecule has 98 valence electrons. The van der Waals surface area contributed by atoms with Crippen molar-refractivity contribution in [3.8, 4) is 0 Å². The van der Waals surface area contributed by atoms with Gasteiger partial charge in [0.2, 0.25) is 0 Å². The van der Waals surface area contributed by atoms with Gasteiger partial charge in [-0.1, -0.05) is 0 Å². The molecule has 0 spiro atoms. The molecule has 1 N–H and O–H groups in total. The Kier molecular flexibility index (Phi) is 4.76. The second kappa shape index (κ2) is 6.33. The molecular weight excluding hydrogens is 220 g/mol. The molecule has 2 aliphatic rings. The van der Waals surface area contributed by atoms with Gasteiger partial charge in [0, 0.05) is 32.8 Å². The average molecular weight is 242 g/mol. The van der Waals surface area contributed by atoms with Gasteiger partial charge in [0.1, 0.15) is 6.10 Å². The van der Waals surface area contributed by atoms with Gasteiger partial charge in [-0.2, -0.15) is 0 Å². The molecule has 0 aliphatic carbocycles. The highest BCUT2D eigenvalue weighted by Crippen LogP contribution is 2.15. The Balaban J connectivity index is 1.77. The molecule has 2 heterocycles. The van der Waals surface area contributed by atoms with Crippen LogP contribution in [0.5, 0.6) is 0 Å². The van der Waals surface area contributed by atoms with Crippen LogP contribution in [0, 0.1) is 0 Å². The van der Waals surface area contributed by atoms with E-state index in [1.54, 1.807) is 0 Å². The Hall–Kier alpha value is -0.650. The summed E-state index contributed by atoms with van der Waals surface area (Å²) in [6, 6.07) is 0. The lowest BCUT2D eigenvalue weighted by molar-refractivity contribution is -0.147. The fourth-order valence-electron chi connectivity index (χ4n) is 2.41. The smallest absolute Gasteiger partial charge is 0.253 e. The first-order valence-corrected chi connectivity index (χ1v) is 6.54. The molecule has 2 aliphatic heterocycles. The molecule has 5 heteroatoms. The van der Waals surface area contributed by atoms with Crippen LogP contribution in [0.1, 0.15) is 19.8 Å². The van der Waals surface area contributed by atoms with Gasteiger partial charge in [-0.25, -0.2) is 0 Å². The molecule has 0 aromatic heterocycles. The molecular formula is C12H22N2O3. The number of morpholine rings is 1. The predicted molar refractivity (Wildman–Crippen MR) is 63.8 cm³/mol. The van der Waals surface area contributed by atoms with E-state index in [0.717, 1.165) is 39.1 Å². The Morgan fingerprint density at radius 3 is 2.82 bits per heavy atom. The van der Waals surface area contributed by atoms with Gasteiger partial charge in [-0.05, 0) is 19.8 Å². The van der Waals surface area contributed by atoms with E-state index in [2.05, 4.69) is 5.32 Å². The highest BCUT2D eigenvalue weighted by molar-refractivity contribution is 5.81. The third kappa shape index (κ3) is 3.40. The number of ether oxygens (including phenoxy) is 2. The summed E-state index contributed by atoms with van der Waals surface area (Å²) < 4.78 is 11.1. The van der Waals surface area contributed by atoms with Crippen LogP contribution in [0.2, 0.25) is 0 Å². The second-order valence-electron chi connectivity index (χ2n) is 4.54. The summed E-state index contributed by atoms with van der Waals surface area (Å²) in [6.45, 7) is 6.48. The molecule has 0 saturated carbocycles. The van der Waals surface area contributed by atoms with Gasteiger partial charge >= 0.3 is 0 Å². The molecule has 5 nitrogen and oxygen atoms in total. The first-order valence-electron chi connectivity index (χ1n) is 6.54. The average Bonchev–Trinajstić information content (AvgIpc) is 2.40. The van der Waals surface area contributed by atoms with Crippen molar-refractivity contribution in [2.45, 2.75) is 32.0 Å². The minimum Gasteiger partial charge on any atom is -0.378 e. The van der Waals surface area contributed by atoms with Gasteiger partial charge in [0.25, 0.3) is 5.91 Å². The lowest BCUT2D eigenvalue weighted by Gasteiger charge is -2.35. The standard InChI is InChI=1S/C12H22N2O3/c1-2-16-10-3-6-14(7-4-10)12(15)11-9-13-5-8-17-11/h10-11,13H,2-9H2,1H3. The third-order valence-corrected chi connectivity index (χ3v) is 3.36. The predicted octanol–water partition coefficient (Wildman–Crippen LogP) is 0.00230. The van der Waals surface area contributed by atoms with Crippen molar-refractivity contribution < 1.29 is 14.3 Å². The van der Waals surface area contributed by atoms with E-state index in [1.807, 2.05) is 11.8 Å². The molecule has 0 aromatic rings. The molecule has 0 bridgehead atoms. The minimum absolute atomic E-state index is 0.132. The van der Waals surface area contributed by atoms with Crippen molar-refractivity contribution in [2.24, 2.45) is 0 Å². The minimum atomic E-state index is -0.285. The van der Waals surface area contributed by atoms with Gasteiger partial charge in [0.05, 0.1) is 12.7 Å². The third-order valence-electron chi connectivity index (χ3n) is 3.36. The zero-order chi connectivity index (χ0) is 12.1. The van der Waals surface area contributed by atoms with Gasteiger partial charge in [-0.3, -0.25) is 4.79 Å². The highest BCUT2D eigenvalue weighted by atomic mass is 16.5. The first-order chi connectivity index (χ1) is 8.31. The monoisotopic (exact) mass is 242 g/mol. The lowest BCUT2D eigenvalue weighted by atomic mass is 10.1. The van der Waals surface area contributed by atoms with Crippen molar-refractivity contribution in [1.29, 1.82) is 0 Å². The maximum absolute atomic E-state index is 12.1. The lowest BCUT2D eigenvalue weighted by Crippen LogP contribution is -2.51. The number of likely N-dealkylation sites (tertiary alicyclic amines) is 1. The fraction of sp³-hybridized carbons (Fsp3) is 0.917.